The van der Waals surface area contributed by atoms with Crippen LogP contribution in [-0.2, 0) is 4.74 Å². The van der Waals surface area contributed by atoms with Crippen molar-refractivity contribution in [2.75, 3.05) is 26.3 Å². The molecular weight excluding hydrogens is 458 g/mol. The predicted molar refractivity (Wildman–Crippen MR) is 148 cm³/mol. The first-order valence-corrected chi connectivity index (χ1v) is 14.2. The summed E-state index contributed by atoms with van der Waals surface area (Å²) in [7, 11) is 0. The third kappa shape index (κ3) is 3.83. The third-order valence-electron chi connectivity index (χ3n) is 9.81. The number of H-pyrrole nitrogens is 1. The van der Waals surface area contributed by atoms with Crippen molar-refractivity contribution >= 4 is 16.6 Å². The molecule has 4 aromatic rings. The minimum Gasteiger partial charge on any atom is -0.381 e. The Hall–Kier alpha value is -2.70. The van der Waals surface area contributed by atoms with E-state index in [9.17, 15) is 0 Å². The molecule has 3 aromatic heterocycles. The number of benzene rings is 1. The maximum Gasteiger partial charge on any atom is 0.163 e. The van der Waals surface area contributed by atoms with Crippen LogP contribution in [0.15, 0.2) is 30.7 Å². The van der Waals surface area contributed by atoms with Gasteiger partial charge < -0.3 is 9.72 Å². The van der Waals surface area contributed by atoms with Crippen LogP contribution in [0.2, 0.25) is 0 Å². The number of ether oxygens (including phenoxy) is 1. The topological polar surface area (TPSA) is 58.5 Å². The molecule has 0 bridgehead atoms. The molecule has 2 atom stereocenters. The summed E-state index contributed by atoms with van der Waals surface area (Å²) in [6, 6.07) is 8.01. The summed E-state index contributed by atoms with van der Waals surface area (Å²) in [5, 5.41) is 9.86. The van der Waals surface area contributed by atoms with E-state index < -0.39 is 0 Å². The number of nitrogens with one attached hydrogen (secondary N) is 1. The Balaban J connectivity index is 1.20. The van der Waals surface area contributed by atoms with Crippen LogP contribution in [-0.4, -0.2) is 56.8 Å². The van der Waals surface area contributed by atoms with Gasteiger partial charge in [0.2, 0.25) is 0 Å². The number of hydrogen-bond donors (Lipinski definition) is 1. The number of likely N-dealkylation sites (tertiary alicyclic amines) is 1. The Labute approximate surface area is 219 Å². The Kier molecular flexibility index (Phi) is 5.67. The Bertz CT molecular complexity index is 1450. The second kappa shape index (κ2) is 8.95. The molecule has 0 amide bonds. The average Bonchev–Trinajstić information content (AvgIpc) is 3.67. The van der Waals surface area contributed by atoms with E-state index >= 15 is 0 Å². The first-order valence-electron chi connectivity index (χ1n) is 14.2. The molecule has 0 spiro atoms. The van der Waals surface area contributed by atoms with Crippen molar-refractivity contribution in [2.45, 2.75) is 71.3 Å². The molecule has 7 rings (SSSR count). The van der Waals surface area contributed by atoms with Gasteiger partial charge in [-0.05, 0) is 97.6 Å². The highest BCUT2D eigenvalue weighted by Crippen LogP contribution is 2.48. The van der Waals surface area contributed by atoms with Gasteiger partial charge in [0.1, 0.15) is 6.33 Å². The van der Waals surface area contributed by atoms with Crippen LogP contribution in [0.25, 0.3) is 27.8 Å². The number of aromatic amines is 1. The molecule has 1 aliphatic carbocycles. The van der Waals surface area contributed by atoms with Crippen molar-refractivity contribution in [3.05, 3.63) is 53.0 Å². The fraction of sp³-hybridized carbons (Fsp3) is 0.548. The molecule has 5 heterocycles. The van der Waals surface area contributed by atoms with E-state index in [-0.39, 0.29) is 0 Å². The molecule has 194 valence electrons. The molecule has 2 saturated heterocycles. The number of hydrogen-bond acceptors (Lipinski definition) is 4. The molecule has 1 aromatic carbocycles. The minimum atomic E-state index is 0.423. The lowest BCUT2D eigenvalue weighted by Crippen LogP contribution is -2.38. The summed E-state index contributed by atoms with van der Waals surface area (Å²) in [6.07, 6.45) is 9.12. The van der Waals surface area contributed by atoms with E-state index in [0.29, 0.717) is 11.8 Å². The number of aromatic nitrogens is 4. The molecule has 2 unspecified atom stereocenters. The third-order valence-corrected chi connectivity index (χ3v) is 9.81. The second-order valence-electron chi connectivity index (χ2n) is 12.2. The van der Waals surface area contributed by atoms with E-state index in [4.69, 9.17) is 4.74 Å². The summed E-state index contributed by atoms with van der Waals surface area (Å²) in [4.78, 5) is 6.61. The van der Waals surface area contributed by atoms with E-state index in [1.165, 1.54) is 83.2 Å². The lowest BCUT2D eigenvalue weighted by Gasteiger charge is -2.32. The molecule has 6 heteroatoms. The van der Waals surface area contributed by atoms with Crippen molar-refractivity contribution in [3.63, 3.8) is 0 Å². The molecule has 6 nitrogen and oxygen atoms in total. The van der Waals surface area contributed by atoms with Crippen LogP contribution in [0, 0.1) is 25.7 Å². The van der Waals surface area contributed by atoms with E-state index in [1.54, 1.807) is 6.33 Å². The van der Waals surface area contributed by atoms with E-state index in [0.717, 1.165) is 36.7 Å². The minimum absolute atomic E-state index is 0.423. The SMILES string of the molecule is Cc1c(-c2[nH]c3ccc(C4CC5CN(C6CCOCC6)CC5C4)cc3c2C(C)C)cn2cnnc2c1C. The monoisotopic (exact) mass is 497 g/mol. The summed E-state index contributed by atoms with van der Waals surface area (Å²) in [5.41, 5.74) is 10.1. The van der Waals surface area contributed by atoms with Gasteiger partial charge in [0.05, 0.1) is 5.69 Å². The maximum atomic E-state index is 5.61. The highest BCUT2D eigenvalue weighted by molar-refractivity contribution is 5.92. The average molecular weight is 498 g/mol. The zero-order valence-corrected chi connectivity index (χ0v) is 22.6. The summed E-state index contributed by atoms with van der Waals surface area (Å²) < 4.78 is 7.67. The molecule has 1 N–H and O–H groups in total. The summed E-state index contributed by atoms with van der Waals surface area (Å²) >= 11 is 0. The van der Waals surface area contributed by atoms with Crippen molar-refractivity contribution in [1.82, 2.24) is 24.5 Å². The smallest absolute Gasteiger partial charge is 0.163 e. The predicted octanol–water partition coefficient (Wildman–Crippen LogP) is 6.22. The maximum absolute atomic E-state index is 5.61. The van der Waals surface area contributed by atoms with E-state index in [2.05, 4.69) is 76.6 Å². The first-order chi connectivity index (χ1) is 18.0. The standard InChI is InChI=1S/C31H39N5O/c1-18(2)29-26-13-21(22-11-23-14-35(15-24(23)12-22)25-7-9-37-10-8-25)5-6-28(26)33-30(29)27-16-36-17-32-34-31(36)20(4)19(27)3/h5-6,13,16-18,22-25,33H,7-12,14-15H2,1-4H3. The van der Waals surface area contributed by atoms with Crippen LogP contribution in [0.3, 0.4) is 0 Å². The molecule has 3 aliphatic rings. The number of nitrogens with zero attached hydrogens (tertiary/aromatic N) is 4. The molecular formula is C31H39N5O. The van der Waals surface area contributed by atoms with Gasteiger partial charge in [-0.1, -0.05) is 19.9 Å². The largest absolute Gasteiger partial charge is 0.381 e. The molecule has 2 aliphatic heterocycles. The zero-order valence-electron chi connectivity index (χ0n) is 22.6. The second-order valence-corrected chi connectivity index (χ2v) is 12.2. The van der Waals surface area contributed by atoms with E-state index in [1.807, 2.05) is 0 Å². The van der Waals surface area contributed by atoms with Crippen LogP contribution in [0.4, 0.5) is 0 Å². The quantitative estimate of drug-likeness (QED) is 0.364. The van der Waals surface area contributed by atoms with Gasteiger partial charge in [-0.25, -0.2) is 0 Å². The van der Waals surface area contributed by atoms with Crippen molar-refractivity contribution in [1.29, 1.82) is 0 Å². The van der Waals surface area contributed by atoms with Crippen LogP contribution in [0.5, 0.6) is 0 Å². The fourth-order valence-corrected chi connectivity index (χ4v) is 7.72. The van der Waals surface area contributed by atoms with Crippen molar-refractivity contribution in [3.8, 4) is 11.3 Å². The normalized spacial score (nSPS) is 25.2. The molecule has 0 radical (unpaired) electrons. The van der Waals surface area contributed by atoms with Crippen molar-refractivity contribution in [2.24, 2.45) is 11.8 Å². The van der Waals surface area contributed by atoms with Crippen molar-refractivity contribution < 1.29 is 4.74 Å². The van der Waals surface area contributed by atoms with Gasteiger partial charge in [0, 0.05) is 55.0 Å². The lowest BCUT2D eigenvalue weighted by molar-refractivity contribution is 0.0395. The highest BCUT2D eigenvalue weighted by Gasteiger charge is 2.43. The molecule has 37 heavy (non-hydrogen) atoms. The zero-order chi connectivity index (χ0) is 25.3. The fourth-order valence-electron chi connectivity index (χ4n) is 7.72. The van der Waals surface area contributed by atoms with Crippen LogP contribution in [0.1, 0.15) is 73.6 Å². The first kappa shape index (κ1) is 23.4. The van der Waals surface area contributed by atoms with Gasteiger partial charge in [-0.15, -0.1) is 10.2 Å². The highest BCUT2D eigenvalue weighted by atomic mass is 16.5. The Morgan fingerprint density at radius 2 is 1.78 bits per heavy atom. The van der Waals surface area contributed by atoms with Gasteiger partial charge in [-0.2, -0.15) is 0 Å². The number of aryl methyl sites for hydroxylation is 1. The van der Waals surface area contributed by atoms with Gasteiger partial charge in [0.25, 0.3) is 0 Å². The number of rotatable bonds is 4. The Morgan fingerprint density at radius 3 is 2.51 bits per heavy atom. The van der Waals surface area contributed by atoms with Gasteiger partial charge in [-0.3, -0.25) is 9.30 Å². The van der Waals surface area contributed by atoms with Crippen LogP contribution < -0.4 is 0 Å². The molecule has 1 saturated carbocycles. The Morgan fingerprint density at radius 1 is 1.03 bits per heavy atom. The molecule has 3 fully saturated rings. The van der Waals surface area contributed by atoms with Gasteiger partial charge >= 0.3 is 0 Å². The number of fused-ring (bicyclic) bond motifs is 3. The lowest BCUT2D eigenvalue weighted by atomic mass is 9.90. The summed E-state index contributed by atoms with van der Waals surface area (Å²) in [5.74, 6) is 2.82. The summed E-state index contributed by atoms with van der Waals surface area (Å²) in [6.45, 7) is 13.5. The number of pyridine rings is 1. The van der Waals surface area contributed by atoms with Crippen LogP contribution >= 0.6 is 0 Å². The van der Waals surface area contributed by atoms with Gasteiger partial charge in [0.15, 0.2) is 5.65 Å².